The van der Waals surface area contributed by atoms with Gasteiger partial charge in [0.2, 0.25) is 0 Å². The number of hydrogen-bond acceptors (Lipinski definition) is 3. The quantitative estimate of drug-likeness (QED) is 0.841. The molecule has 108 valence electrons. The molecule has 1 aromatic carbocycles. The van der Waals surface area contributed by atoms with Crippen molar-refractivity contribution >= 4 is 18.3 Å². The van der Waals surface area contributed by atoms with Crippen molar-refractivity contribution in [1.82, 2.24) is 5.32 Å². The summed E-state index contributed by atoms with van der Waals surface area (Å²) >= 11 is 0. The molecule has 0 saturated heterocycles. The first-order valence-electron chi connectivity index (χ1n) is 5.57. The molecular formula is C12H17ClF2N2O2. The normalized spacial score (nSPS) is 10.5. The van der Waals surface area contributed by atoms with Gasteiger partial charge in [-0.3, -0.25) is 4.79 Å². The van der Waals surface area contributed by atoms with Crippen LogP contribution in [0.1, 0.15) is 17.3 Å². The van der Waals surface area contributed by atoms with Crippen molar-refractivity contribution < 1.29 is 18.3 Å². The number of amides is 1. The molecule has 1 amide bonds. The van der Waals surface area contributed by atoms with Crippen LogP contribution in [0.3, 0.4) is 0 Å². The number of ether oxygens (including phenoxy) is 1. The lowest BCUT2D eigenvalue weighted by Gasteiger charge is -2.14. The summed E-state index contributed by atoms with van der Waals surface area (Å²) in [6, 6.07) is 6.34. The molecule has 7 heteroatoms. The second-order valence-electron chi connectivity index (χ2n) is 3.70. The molecule has 4 nitrogen and oxygen atoms in total. The Morgan fingerprint density at radius 3 is 2.74 bits per heavy atom. The van der Waals surface area contributed by atoms with Crippen molar-refractivity contribution in [2.45, 2.75) is 12.8 Å². The lowest BCUT2D eigenvalue weighted by molar-refractivity contribution is 0.0118. The van der Waals surface area contributed by atoms with Crippen molar-refractivity contribution in [3.63, 3.8) is 0 Å². The molecule has 1 aromatic rings. The fourth-order valence-corrected chi connectivity index (χ4v) is 1.28. The third kappa shape index (κ3) is 5.85. The van der Waals surface area contributed by atoms with Gasteiger partial charge < -0.3 is 15.8 Å². The summed E-state index contributed by atoms with van der Waals surface area (Å²) in [5.41, 5.74) is 5.15. The Morgan fingerprint density at radius 2 is 2.16 bits per heavy atom. The number of hydrogen-bond donors (Lipinski definition) is 2. The predicted octanol–water partition coefficient (Wildman–Crippen LogP) is 1.83. The van der Waals surface area contributed by atoms with E-state index in [0.717, 1.165) is 0 Å². The lowest BCUT2D eigenvalue weighted by atomic mass is 10.2. The minimum atomic E-state index is -3.09. The first kappa shape index (κ1) is 17.6. The molecule has 1 rings (SSSR count). The van der Waals surface area contributed by atoms with Gasteiger partial charge in [0.15, 0.2) is 0 Å². The van der Waals surface area contributed by atoms with Crippen LogP contribution in [0.4, 0.5) is 8.78 Å². The Hall–Kier alpha value is -1.40. The molecule has 0 saturated carbocycles. The third-order valence-electron chi connectivity index (χ3n) is 2.21. The number of rotatable bonds is 6. The second kappa shape index (κ2) is 7.91. The van der Waals surface area contributed by atoms with Crippen molar-refractivity contribution in [1.29, 1.82) is 0 Å². The van der Waals surface area contributed by atoms with Gasteiger partial charge in [-0.15, -0.1) is 12.4 Å². The largest absolute Gasteiger partial charge is 0.494 e. The van der Waals surface area contributed by atoms with Crippen LogP contribution >= 0.6 is 12.4 Å². The van der Waals surface area contributed by atoms with Crippen molar-refractivity contribution in [2.75, 3.05) is 19.7 Å². The average molecular weight is 295 g/mol. The summed E-state index contributed by atoms with van der Waals surface area (Å²) in [4.78, 5) is 11.6. The molecule has 0 fully saturated rings. The van der Waals surface area contributed by atoms with Gasteiger partial charge in [0.1, 0.15) is 5.75 Å². The SMILES string of the molecule is CCOc1cccc(C(=O)NCC(F)(F)CN)c1.Cl. The first-order valence-corrected chi connectivity index (χ1v) is 5.57. The van der Waals surface area contributed by atoms with Gasteiger partial charge in [-0.2, -0.15) is 0 Å². The zero-order valence-corrected chi connectivity index (χ0v) is 11.3. The van der Waals surface area contributed by atoms with Crippen LogP contribution in [-0.4, -0.2) is 31.5 Å². The van der Waals surface area contributed by atoms with Crippen LogP contribution in [0, 0.1) is 0 Å². The van der Waals surface area contributed by atoms with Crippen LogP contribution in [0.25, 0.3) is 0 Å². The highest BCUT2D eigenvalue weighted by molar-refractivity contribution is 5.94. The van der Waals surface area contributed by atoms with E-state index < -0.39 is 24.9 Å². The Kier molecular flexibility index (Phi) is 7.33. The highest BCUT2D eigenvalue weighted by Crippen LogP contribution is 2.14. The van der Waals surface area contributed by atoms with E-state index in [2.05, 4.69) is 5.32 Å². The number of benzene rings is 1. The van der Waals surface area contributed by atoms with Gasteiger partial charge in [0.05, 0.1) is 19.7 Å². The maximum atomic E-state index is 12.9. The first-order chi connectivity index (χ1) is 8.48. The minimum Gasteiger partial charge on any atom is -0.494 e. The van der Waals surface area contributed by atoms with E-state index in [-0.39, 0.29) is 18.0 Å². The Balaban J connectivity index is 0.00000324. The molecule has 0 spiro atoms. The van der Waals surface area contributed by atoms with Crippen LogP contribution < -0.4 is 15.8 Å². The summed E-state index contributed by atoms with van der Waals surface area (Å²) in [6.45, 7) is 0.707. The Labute approximate surface area is 116 Å². The van der Waals surface area contributed by atoms with E-state index in [1.165, 1.54) is 12.1 Å². The Morgan fingerprint density at radius 1 is 1.47 bits per heavy atom. The molecule has 3 N–H and O–H groups in total. The second-order valence-corrected chi connectivity index (χ2v) is 3.70. The maximum absolute atomic E-state index is 12.9. The van der Waals surface area contributed by atoms with E-state index in [9.17, 15) is 13.6 Å². The fraction of sp³-hybridized carbons (Fsp3) is 0.417. The van der Waals surface area contributed by atoms with Crippen LogP contribution in [0.15, 0.2) is 24.3 Å². The summed E-state index contributed by atoms with van der Waals surface area (Å²) in [6.07, 6.45) is 0. The summed E-state index contributed by atoms with van der Waals surface area (Å²) in [5.74, 6) is -3.15. The van der Waals surface area contributed by atoms with Crippen molar-refractivity contribution in [3.8, 4) is 5.75 Å². The number of nitrogens with one attached hydrogen (secondary N) is 1. The monoisotopic (exact) mass is 294 g/mol. The van der Waals surface area contributed by atoms with E-state index in [4.69, 9.17) is 10.5 Å². The van der Waals surface area contributed by atoms with E-state index in [1.807, 2.05) is 6.92 Å². The zero-order valence-electron chi connectivity index (χ0n) is 10.5. The van der Waals surface area contributed by atoms with Gasteiger partial charge >= 0.3 is 0 Å². The molecular weight excluding hydrogens is 278 g/mol. The van der Waals surface area contributed by atoms with Crippen molar-refractivity contribution in [2.24, 2.45) is 5.73 Å². The molecule has 0 aliphatic carbocycles. The van der Waals surface area contributed by atoms with Gasteiger partial charge in [0.25, 0.3) is 11.8 Å². The standard InChI is InChI=1S/C12H16F2N2O2.ClH/c1-2-18-10-5-3-4-9(6-10)11(17)16-8-12(13,14)7-15;/h3-6H,2,7-8,15H2,1H3,(H,16,17);1H. The molecule has 19 heavy (non-hydrogen) atoms. The number of halogens is 3. The van der Waals surface area contributed by atoms with E-state index in [0.29, 0.717) is 12.4 Å². The highest BCUT2D eigenvalue weighted by atomic mass is 35.5. The fourth-order valence-electron chi connectivity index (χ4n) is 1.28. The zero-order chi connectivity index (χ0) is 13.6. The van der Waals surface area contributed by atoms with E-state index in [1.54, 1.807) is 12.1 Å². The molecule has 0 atom stereocenters. The molecule has 0 aliphatic rings. The number of carbonyl (C=O) groups excluding carboxylic acids is 1. The average Bonchev–Trinajstić information content (AvgIpc) is 2.37. The summed E-state index contributed by atoms with van der Waals surface area (Å²) in [5, 5.41) is 2.13. The molecule has 0 heterocycles. The molecule has 0 unspecified atom stereocenters. The molecule has 0 bridgehead atoms. The minimum absolute atomic E-state index is 0. The third-order valence-corrected chi connectivity index (χ3v) is 2.21. The topological polar surface area (TPSA) is 64.3 Å². The van der Waals surface area contributed by atoms with Crippen LogP contribution in [-0.2, 0) is 0 Å². The smallest absolute Gasteiger partial charge is 0.277 e. The number of carbonyl (C=O) groups is 1. The maximum Gasteiger partial charge on any atom is 0.277 e. The summed E-state index contributed by atoms with van der Waals surface area (Å²) in [7, 11) is 0. The predicted molar refractivity (Wildman–Crippen MR) is 71.2 cm³/mol. The number of nitrogens with two attached hydrogens (primary N) is 1. The van der Waals surface area contributed by atoms with Gasteiger partial charge in [-0.05, 0) is 25.1 Å². The van der Waals surface area contributed by atoms with Crippen LogP contribution in [0.5, 0.6) is 5.75 Å². The number of alkyl halides is 2. The van der Waals surface area contributed by atoms with E-state index >= 15 is 0 Å². The highest BCUT2D eigenvalue weighted by Gasteiger charge is 2.27. The molecule has 0 radical (unpaired) electrons. The van der Waals surface area contributed by atoms with Crippen LogP contribution in [0.2, 0.25) is 0 Å². The Bertz CT molecular complexity index is 416. The van der Waals surface area contributed by atoms with Gasteiger partial charge in [-0.25, -0.2) is 8.78 Å². The van der Waals surface area contributed by atoms with Crippen molar-refractivity contribution in [3.05, 3.63) is 29.8 Å². The van der Waals surface area contributed by atoms with Gasteiger partial charge in [0, 0.05) is 5.56 Å². The lowest BCUT2D eigenvalue weighted by Crippen LogP contribution is -2.41. The van der Waals surface area contributed by atoms with Gasteiger partial charge in [-0.1, -0.05) is 6.07 Å². The summed E-state index contributed by atoms with van der Waals surface area (Å²) < 4.78 is 30.9. The molecule has 0 aromatic heterocycles. The molecule has 0 aliphatic heterocycles.